The molecule has 0 aromatic heterocycles. The van der Waals surface area contributed by atoms with E-state index in [0.717, 1.165) is 18.6 Å². The molecule has 2 nitrogen and oxygen atoms in total. The molecule has 3 unspecified atom stereocenters. The summed E-state index contributed by atoms with van der Waals surface area (Å²) in [5.74, 6) is 0. The standard InChI is InChI=1S/C6H12N2/c7-3-5-1-2-6-4-8(5)6/h5-6H,1-4,7H2. The van der Waals surface area contributed by atoms with Crippen molar-refractivity contribution in [3.8, 4) is 0 Å². The van der Waals surface area contributed by atoms with E-state index in [-0.39, 0.29) is 0 Å². The lowest BCUT2D eigenvalue weighted by atomic mass is 10.2. The Labute approximate surface area is 49.7 Å². The van der Waals surface area contributed by atoms with Crippen LogP contribution in [-0.4, -0.2) is 30.1 Å². The topological polar surface area (TPSA) is 29.0 Å². The van der Waals surface area contributed by atoms with Gasteiger partial charge in [0.2, 0.25) is 0 Å². The van der Waals surface area contributed by atoms with E-state index >= 15 is 0 Å². The third-order valence-corrected chi connectivity index (χ3v) is 2.33. The highest BCUT2D eigenvalue weighted by molar-refractivity contribution is 5.01. The fourth-order valence-corrected chi connectivity index (χ4v) is 1.70. The van der Waals surface area contributed by atoms with Crippen LogP contribution in [0.25, 0.3) is 0 Å². The minimum absolute atomic E-state index is 0.750. The van der Waals surface area contributed by atoms with Crippen molar-refractivity contribution in [3.63, 3.8) is 0 Å². The third kappa shape index (κ3) is 0.501. The second kappa shape index (κ2) is 1.45. The molecule has 0 aromatic rings. The minimum atomic E-state index is 0.750. The molecule has 2 aliphatic rings. The number of piperidine rings is 1. The highest BCUT2D eigenvalue weighted by Gasteiger charge is 2.44. The summed E-state index contributed by atoms with van der Waals surface area (Å²) in [5, 5.41) is 0. The highest BCUT2D eigenvalue weighted by atomic mass is 15.4. The Morgan fingerprint density at radius 3 is 2.62 bits per heavy atom. The fraction of sp³-hybridized carbons (Fsp3) is 1.00. The quantitative estimate of drug-likeness (QED) is 0.476. The highest BCUT2D eigenvalue weighted by Crippen LogP contribution is 2.34. The van der Waals surface area contributed by atoms with Crippen LogP contribution in [-0.2, 0) is 0 Å². The van der Waals surface area contributed by atoms with E-state index in [1.54, 1.807) is 0 Å². The smallest absolute Gasteiger partial charge is 0.0228 e. The zero-order chi connectivity index (χ0) is 5.56. The van der Waals surface area contributed by atoms with Crippen LogP contribution in [0.3, 0.4) is 0 Å². The Bertz CT molecular complexity index is 103. The van der Waals surface area contributed by atoms with Crippen LogP contribution in [0.5, 0.6) is 0 Å². The van der Waals surface area contributed by atoms with Gasteiger partial charge in [-0.2, -0.15) is 0 Å². The molecule has 2 heteroatoms. The molecule has 46 valence electrons. The number of nitrogens with zero attached hydrogens (tertiary/aromatic N) is 1. The van der Waals surface area contributed by atoms with E-state index in [4.69, 9.17) is 5.73 Å². The number of fused-ring (bicyclic) bond motifs is 1. The SMILES string of the molecule is NCC1CCC2CN12. The molecule has 0 amide bonds. The predicted molar refractivity (Wildman–Crippen MR) is 32.6 cm³/mol. The summed E-state index contributed by atoms with van der Waals surface area (Å²) in [5.41, 5.74) is 5.51. The van der Waals surface area contributed by atoms with Gasteiger partial charge in [-0.25, -0.2) is 0 Å². The summed E-state index contributed by atoms with van der Waals surface area (Å²) >= 11 is 0. The van der Waals surface area contributed by atoms with E-state index in [2.05, 4.69) is 4.90 Å². The number of hydrogen-bond acceptors (Lipinski definition) is 2. The van der Waals surface area contributed by atoms with Crippen LogP contribution in [0, 0.1) is 0 Å². The lowest BCUT2D eigenvalue weighted by Crippen LogP contribution is -2.25. The van der Waals surface area contributed by atoms with Gasteiger partial charge in [-0.05, 0) is 12.8 Å². The molecule has 8 heavy (non-hydrogen) atoms. The summed E-state index contributed by atoms with van der Waals surface area (Å²) in [6, 6.07) is 1.70. The molecular weight excluding hydrogens is 100 g/mol. The van der Waals surface area contributed by atoms with Crippen molar-refractivity contribution >= 4 is 0 Å². The third-order valence-electron chi connectivity index (χ3n) is 2.33. The first-order valence-electron chi connectivity index (χ1n) is 3.37. The Hall–Kier alpha value is -0.0800. The summed E-state index contributed by atoms with van der Waals surface area (Å²) in [6.45, 7) is 2.21. The van der Waals surface area contributed by atoms with Gasteiger partial charge in [0.25, 0.3) is 0 Å². The lowest BCUT2D eigenvalue weighted by molar-refractivity contribution is 0.432. The van der Waals surface area contributed by atoms with E-state index in [0.29, 0.717) is 0 Å². The van der Waals surface area contributed by atoms with Crippen LogP contribution in [0.15, 0.2) is 0 Å². The Balaban J connectivity index is 1.97. The van der Waals surface area contributed by atoms with Gasteiger partial charge < -0.3 is 5.73 Å². The second-order valence-corrected chi connectivity index (χ2v) is 2.82. The van der Waals surface area contributed by atoms with Crippen molar-refractivity contribution < 1.29 is 0 Å². The fourth-order valence-electron chi connectivity index (χ4n) is 1.70. The molecule has 3 atom stereocenters. The summed E-state index contributed by atoms with van der Waals surface area (Å²) in [6.07, 6.45) is 2.75. The Morgan fingerprint density at radius 1 is 1.50 bits per heavy atom. The molecular formula is C6H12N2. The van der Waals surface area contributed by atoms with Gasteiger partial charge >= 0.3 is 0 Å². The molecule has 0 bridgehead atoms. The predicted octanol–water partition coefficient (Wildman–Crippen LogP) is -0.208. The van der Waals surface area contributed by atoms with Gasteiger partial charge in [-0.3, -0.25) is 4.90 Å². The van der Waals surface area contributed by atoms with Gasteiger partial charge in [0.05, 0.1) is 0 Å². The van der Waals surface area contributed by atoms with Crippen LogP contribution in [0.1, 0.15) is 12.8 Å². The van der Waals surface area contributed by atoms with Gasteiger partial charge in [-0.15, -0.1) is 0 Å². The van der Waals surface area contributed by atoms with Crippen LogP contribution in [0.2, 0.25) is 0 Å². The van der Waals surface area contributed by atoms with Crippen LogP contribution >= 0.6 is 0 Å². The molecule has 2 fully saturated rings. The van der Waals surface area contributed by atoms with E-state index < -0.39 is 0 Å². The molecule has 2 rings (SSSR count). The molecule has 2 N–H and O–H groups in total. The Kier molecular flexibility index (Phi) is 0.866. The lowest BCUT2D eigenvalue weighted by Gasteiger charge is -2.07. The second-order valence-electron chi connectivity index (χ2n) is 2.82. The first-order chi connectivity index (χ1) is 3.92. The number of nitrogens with two attached hydrogens (primary N) is 1. The van der Waals surface area contributed by atoms with Crippen molar-refractivity contribution in [2.24, 2.45) is 5.73 Å². The van der Waals surface area contributed by atoms with Crippen molar-refractivity contribution in [2.45, 2.75) is 24.9 Å². The average Bonchev–Trinajstić information content (AvgIpc) is 2.46. The largest absolute Gasteiger partial charge is 0.329 e. The van der Waals surface area contributed by atoms with Crippen LogP contribution < -0.4 is 5.73 Å². The maximum Gasteiger partial charge on any atom is 0.0228 e. The summed E-state index contributed by atoms with van der Waals surface area (Å²) in [4.78, 5) is 2.50. The first-order valence-corrected chi connectivity index (χ1v) is 3.37. The number of hydrogen-bond donors (Lipinski definition) is 1. The van der Waals surface area contributed by atoms with Gasteiger partial charge in [0, 0.05) is 25.2 Å². The van der Waals surface area contributed by atoms with Gasteiger partial charge in [-0.1, -0.05) is 0 Å². The molecule has 2 heterocycles. The zero-order valence-electron chi connectivity index (χ0n) is 5.01. The minimum Gasteiger partial charge on any atom is -0.329 e. The van der Waals surface area contributed by atoms with Crippen molar-refractivity contribution in [2.75, 3.05) is 13.1 Å². The summed E-state index contributed by atoms with van der Waals surface area (Å²) in [7, 11) is 0. The monoisotopic (exact) mass is 112 g/mol. The van der Waals surface area contributed by atoms with E-state index in [1.165, 1.54) is 19.4 Å². The molecule has 2 aliphatic heterocycles. The molecule has 0 aromatic carbocycles. The molecule has 0 radical (unpaired) electrons. The number of rotatable bonds is 1. The average molecular weight is 112 g/mol. The maximum absolute atomic E-state index is 5.51. The van der Waals surface area contributed by atoms with E-state index in [1.807, 2.05) is 0 Å². The summed E-state index contributed by atoms with van der Waals surface area (Å²) < 4.78 is 0. The van der Waals surface area contributed by atoms with Crippen molar-refractivity contribution in [1.29, 1.82) is 0 Å². The molecule has 0 spiro atoms. The Morgan fingerprint density at radius 2 is 2.38 bits per heavy atom. The maximum atomic E-state index is 5.51. The molecule has 0 aliphatic carbocycles. The van der Waals surface area contributed by atoms with E-state index in [9.17, 15) is 0 Å². The molecule has 0 saturated carbocycles. The van der Waals surface area contributed by atoms with Crippen molar-refractivity contribution in [1.82, 2.24) is 4.90 Å². The normalized spacial score (nSPS) is 51.4. The van der Waals surface area contributed by atoms with Crippen molar-refractivity contribution in [3.05, 3.63) is 0 Å². The zero-order valence-corrected chi connectivity index (χ0v) is 5.01. The first kappa shape index (κ1) is 4.77. The van der Waals surface area contributed by atoms with Gasteiger partial charge in [0.1, 0.15) is 0 Å². The van der Waals surface area contributed by atoms with Crippen LogP contribution in [0.4, 0.5) is 0 Å². The molecule has 2 saturated heterocycles. The van der Waals surface area contributed by atoms with Gasteiger partial charge in [0.15, 0.2) is 0 Å².